The van der Waals surface area contributed by atoms with Gasteiger partial charge in [0.2, 0.25) is 0 Å². The van der Waals surface area contributed by atoms with Gasteiger partial charge in [-0.05, 0) is 56.3 Å². The fraction of sp³-hybridized carbons (Fsp3) is 0.941. The molecule has 6 atom stereocenters. The van der Waals surface area contributed by atoms with Crippen molar-refractivity contribution < 1.29 is 9.53 Å². The predicted molar refractivity (Wildman–Crippen MR) is 79.3 cm³/mol. The molecule has 3 nitrogen and oxygen atoms in total. The average Bonchev–Trinajstić information content (AvgIpc) is 2.87. The van der Waals surface area contributed by atoms with Crippen LogP contribution >= 0.6 is 0 Å². The lowest BCUT2D eigenvalue weighted by atomic mass is 9.80. The van der Waals surface area contributed by atoms with Gasteiger partial charge >= 0.3 is 5.97 Å². The topological polar surface area (TPSA) is 38.3 Å². The molecule has 3 heteroatoms. The Morgan fingerprint density at radius 2 is 1.80 bits per heavy atom. The number of carbonyl (C=O) groups is 1. The molecular formula is C17H29NO2. The lowest BCUT2D eigenvalue weighted by molar-refractivity contribution is -0.154. The summed E-state index contributed by atoms with van der Waals surface area (Å²) in [5.41, 5.74) is 0. The molecule has 0 radical (unpaired) electrons. The van der Waals surface area contributed by atoms with Crippen LogP contribution in [0.4, 0.5) is 0 Å². The minimum Gasteiger partial charge on any atom is -0.461 e. The van der Waals surface area contributed by atoms with Crippen LogP contribution in [0.15, 0.2) is 0 Å². The zero-order valence-corrected chi connectivity index (χ0v) is 12.9. The third kappa shape index (κ3) is 3.03. The Labute approximate surface area is 122 Å². The Morgan fingerprint density at radius 3 is 2.55 bits per heavy atom. The molecule has 0 bridgehead atoms. The van der Waals surface area contributed by atoms with Gasteiger partial charge < -0.3 is 10.1 Å². The number of hydrogen-bond donors (Lipinski definition) is 1. The van der Waals surface area contributed by atoms with E-state index in [9.17, 15) is 4.79 Å². The minimum absolute atomic E-state index is 0.0196. The van der Waals surface area contributed by atoms with Gasteiger partial charge in [-0.15, -0.1) is 0 Å². The first kappa shape index (κ1) is 14.4. The summed E-state index contributed by atoms with van der Waals surface area (Å²) in [4.78, 5) is 12.4. The smallest absolute Gasteiger partial charge is 0.323 e. The van der Waals surface area contributed by atoms with Crippen LogP contribution in [0.5, 0.6) is 0 Å². The van der Waals surface area contributed by atoms with Gasteiger partial charge in [-0.1, -0.05) is 26.7 Å². The maximum Gasteiger partial charge on any atom is 0.323 e. The number of esters is 1. The van der Waals surface area contributed by atoms with E-state index in [4.69, 9.17) is 4.74 Å². The summed E-state index contributed by atoms with van der Waals surface area (Å²) < 4.78 is 5.80. The molecule has 3 fully saturated rings. The molecule has 1 aliphatic heterocycles. The number of hydrogen-bond acceptors (Lipinski definition) is 3. The number of fused-ring (bicyclic) bond motifs is 1. The highest BCUT2D eigenvalue weighted by atomic mass is 16.5. The zero-order valence-electron chi connectivity index (χ0n) is 12.9. The van der Waals surface area contributed by atoms with Gasteiger partial charge in [-0.2, -0.15) is 0 Å². The molecule has 1 N–H and O–H groups in total. The molecule has 114 valence electrons. The molecule has 0 aromatic rings. The molecule has 2 saturated carbocycles. The van der Waals surface area contributed by atoms with Crippen molar-refractivity contribution in [2.24, 2.45) is 17.8 Å². The highest BCUT2D eigenvalue weighted by Crippen LogP contribution is 2.35. The van der Waals surface area contributed by atoms with Crippen molar-refractivity contribution in [2.75, 3.05) is 0 Å². The van der Waals surface area contributed by atoms with E-state index in [0.29, 0.717) is 17.9 Å². The molecule has 0 aromatic heterocycles. The van der Waals surface area contributed by atoms with Crippen LogP contribution in [0.3, 0.4) is 0 Å². The van der Waals surface area contributed by atoms with Gasteiger partial charge in [0.05, 0.1) is 0 Å². The molecule has 6 unspecified atom stereocenters. The van der Waals surface area contributed by atoms with E-state index in [1.807, 2.05) is 0 Å². The summed E-state index contributed by atoms with van der Waals surface area (Å²) in [6, 6.07) is 0.546. The number of rotatable bonds is 2. The van der Waals surface area contributed by atoms with Gasteiger partial charge in [0.15, 0.2) is 0 Å². The summed E-state index contributed by atoms with van der Waals surface area (Å²) in [5.74, 6) is 2.19. The van der Waals surface area contributed by atoms with Gasteiger partial charge in [0.1, 0.15) is 12.1 Å². The fourth-order valence-electron chi connectivity index (χ4n) is 4.35. The summed E-state index contributed by atoms with van der Waals surface area (Å²) >= 11 is 0. The summed E-state index contributed by atoms with van der Waals surface area (Å²) in [5, 5.41) is 3.53. The first-order valence-electron chi connectivity index (χ1n) is 8.60. The second-order valence-corrected chi connectivity index (χ2v) is 7.43. The monoisotopic (exact) mass is 279 g/mol. The molecule has 0 spiro atoms. The van der Waals surface area contributed by atoms with E-state index < -0.39 is 0 Å². The Morgan fingerprint density at radius 1 is 1.00 bits per heavy atom. The van der Waals surface area contributed by atoms with Crippen LogP contribution in [0.2, 0.25) is 0 Å². The molecule has 1 saturated heterocycles. The van der Waals surface area contributed by atoms with Gasteiger partial charge in [-0.25, -0.2) is 0 Å². The maximum atomic E-state index is 12.4. The fourth-order valence-corrected chi connectivity index (χ4v) is 4.35. The summed E-state index contributed by atoms with van der Waals surface area (Å²) in [7, 11) is 0. The highest BCUT2D eigenvalue weighted by Gasteiger charge is 2.40. The molecular weight excluding hydrogens is 250 g/mol. The normalized spacial score (nSPS) is 44.9. The van der Waals surface area contributed by atoms with E-state index in [1.54, 1.807) is 0 Å². The first-order chi connectivity index (χ1) is 9.63. The minimum atomic E-state index is -0.0299. The van der Waals surface area contributed by atoms with Crippen LogP contribution in [-0.4, -0.2) is 24.2 Å². The van der Waals surface area contributed by atoms with Crippen LogP contribution in [0, 0.1) is 17.8 Å². The van der Waals surface area contributed by atoms with Crippen LogP contribution in [0.1, 0.15) is 65.2 Å². The van der Waals surface area contributed by atoms with Gasteiger partial charge in [0.25, 0.3) is 0 Å². The van der Waals surface area contributed by atoms with Crippen molar-refractivity contribution in [1.82, 2.24) is 5.32 Å². The predicted octanol–water partition coefficient (Wildman–Crippen LogP) is 3.28. The summed E-state index contributed by atoms with van der Waals surface area (Å²) in [6.07, 6.45) is 9.65. The highest BCUT2D eigenvalue weighted by molar-refractivity contribution is 5.76. The van der Waals surface area contributed by atoms with Crippen LogP contribution < -0.4 is 5.32 Å². The number of nitrogens with one attached hydrogen (secondary N) is 1. The van der Waals surface area contributed by atoms with E-state index in [0.717, 1.165) is 25.2 Å². The third-order valence-corrected chi connectivity index (χ3v) is 5.98. The molecule has 3 aliphatic rings. The molecule has 0 aromatic carbocycles. The van der Waals surface area contributed by atoms with E-state index in [1.165, 1.54) is 32.1 Å². The van der Waals surface area contributed by atoms with Crippen LogP contribution in [-0.2, 0) is 9.53 Å². The quantitative estimate of drug-likeness (QED) is 0.788. The second kappa shape index (κ2) is 6.05. The van der Waals surface area contributed by atoms with E-state index in [2.05, 4.69) is 19.2 Å². The van der Waals surface area contributed by atoms with Gasteiger partial charge in [-0.3, -0.25) is 4.79 Å². The molecule has 1 heterocycles. The van der Waals surface area contributed by atoms with Crippen molar-refractivity contribution in [2.45, 2.75) is 83.4 Å². The van der Waals surface area contributed by atoms with Crippen molar-refractivity contribution in [3.8, 4) is 0 Å². The SMILES string of the molecule is CC1CCC(OC(=O)C2CC3CCCCC3N2)CC1C. The maximum absolute atomic E-state index is 12.4. The lowest BCUT2D eigenvalue weighted by Gasteiger charge is -2.32. The zero-order chi connectivity index (χ0) is 14.1. The van der Waals surface area contributed by atoms with Crippen molar-refractivity contribution >= 4 is 5.97 Å². The van der Waals surface area contributed by atoms with Gasteiger partial charge in [0, 0.05) is 6.04 Å². The average molecular weight is 279 g/mol. The Hall–Kier alpha value is -0.570. The molecule has 0 amide bonds. The largest absolute Gasteiger partial charge is 0.461 e. The summed E-state index contributed by atoms with van der Waals surface area (Å²) in [6.45, 7) is 4.60. The molecule has 3 rings (SSSR count). The van der Waals surface area contributed by atoms with Crippen molar-refractivity contribution in [1.29, 1.82) is 0 Å². The van der Waals surface area contributed by atoms with E-state index in [-0.39, 0.29) is 18.1 Å². The van der Waals surface area contributed by atoms with Crippen LogP contribution in [0.25, 0.3) is 0 Å². The third-order valence-electron chi connectivity index (χ3n) is 5.98. The Kier molecular flexibility index (Phi) is 4.34. The number of ether oxygens (including phenoxy) is 1. The lowest BCUT2D eigenvalue weighted by Crippen LogP contribution is -2.40. The number of carbonyl (C=O) groups excluding carboxylic acids is 1. The molecule has 2 aliphatic carbocycles. The van der Waals surface area contributed by atoms with Crippen molar-refractivity contribution in [3.63, 3.8) is 0 Å². The Balaban J connectivity index is 1.50. The standard InChI is InChI=1S/C17H29NO2/c1-11-7-8-14(9-12(11)2)20-17(19)16-10-13-5-3-4-6-15(13)18-16/h11-16,18H,3-10H2,1-2H3. The molecule has 20 heavy (non-hydrogen) atoms. The second-order valence-electron chi connectivity index (χ2n) is 7.43. The van der Waals surface area contributed by atoms with Crippen molar-refractivity contribution in [3.05, 3.63) is 0 Å². The van der Waals surface area contributed by atoms with E-state index >= 15 is 0 Å². The first-order valence-corrected chi connectivity index (χ1v) is 8.60. The Bertz CT molecular complexity index is 343.